The van der Waals surface area contributed by atoms with Crippen molar-refractivity contribution in [2.45, 2.75) is 53.4 Å². The van der Waals surface area contributed by atoms with Gasteiger partial charge in [0.2, 0.25) is 11.8 Å². The van der Waals surface area contributed by atoms with Crippen LogP contribution < -0.4 is 5.32 Å². The fourth-order valence-corrected chi connectivity index (χ4v) is 1.12. The molecule has 3 heteroatoms. The number of carbonyl (C=O) groups is 2. The standard InChI is InChI=1S/C12H22NO2/c1-5-9(3)7-11(14)13-12(15)8-10(4)6-2/h9-10H,5-8H2,1-4H3. The van der Waals surface area contributed by atoms with Crippen LogP contribution >= 0.6 is 0 Å². The second kappa shape index (κ2) is 7.43. The summed E-state index contributed by atoms with van der Waals surface area (Å²) in [5.41, 5.74) is 0. The van der Waals surface area contributed by atoms with Gasteiger partial charge in [-0.3, -0.25) is 9.59 Å². The summed E-state index contributed by atoms with van der Waals surface area (Å²) in [6.07, 6.45) is 2.67. The summed E-state index contributed by atoms with van der Waals surface area (Å²) in [6, 6.07) is 0. The number of amides is 2. The van der Waals surface area contributed by atoms with Crippen LogP contribution in [0.15, 0.2) is 0 Å². The fraction of sp³-hybridized carbons (Fsp3) is 0.833. The van der Waals surface area contributed by atoms with Crippen molar-refractivity contribution >= 4 is 11.8 Å². The Morgan fingerprint density at radius 1 is 0.933 bits per heavy atom. The molecule has 15 heavy (non-hydrogen) atoms. The molecule has 0 bridgehead atoms. The van der Waals surface area contributed by atoms with Gasteiger partial charge in [0.1, 0.15) is 0 Å². The van der Waals surface area contributed by atoms with E-state index in [1.54, 1.807) is 0 Å². The van der Waals surface area contributed by atoms with Gasteiger partial charge in [-0.05, 0) is 11.8 Å². The predicted molar refractivity (Wildman–Crippen MR) is 60.3 cm³/mol. The summed E-state index contributed by atoms with van der Waals surface area (Å²) in [5.74, 6) is 0.102. The van der Waals surface area contributed by atoms with Gasteiger partial charge in [0.25, 0.3) is 0 Å². The zero-order chi connectivity index (χ0) is 11.8. The van der Waals surface area contributed by atoms with E-state index in [-0.39, 0.29) is 11.8 Å². The van der Waals surface area contributed by atoms with Crippen LogP contribution in [0.3, 0.4) is 0 Å². The Labute approximate surface area is 92.6 Å². The first kappa shape index (κ1) is 14.1. The molecular weight excluding hydrogens is 190 g/mol. The van der Waals surface area contributed by atoms with Gasteiger partial charge in [-0.15, -0.1) is 0 Å². The third-order valence-electron chi connectivity index (χ3n) is 2.69. The van der Waals surface area contributed by atoms with E-state index < -0.39 is 0 Å². The number of rotatable bonds is 6. The Kier molecular flexibility index (Phi) is 7.01. The summed E-state index contributed by atoms with van der Waals surface area (Å²) in [5, 5.41) is 3.58. The molecular formula is C12H22NO2. The topological polar surface area (TPSA) is 48.2 Å². The second-order valence-electron chi connectivity index (χ2n) is 4.33. The Morgan fingerprint density at radius 2 is 1.27 bits per heavy atom. The van der Waals surface area contributed by atoms with E-state index in [4.69, 9.17) is 0 Å². The maximum atomic E-state index is 11.3. The van der Waals surface area contributed by atoms with Crippen molar-refractivity contribution in [2.24, 2.45) is 11.8 Å². The Balaban J connectivity index is 3.81. The quantitative estimate of drug-likeness (QED) is 0.679. The van der Waals surface area contributed by atoms with Crippen LogP contribution in [0.2, 0.25) is 0 Å². The van der Waals surface area contributed by atoms with E-state index in [9.17, 15) is 9.59 Å². The summed E-state index contributed by atoms with van der Waals surface area (Å²) in [7, 11) is 0. The zero-order valence-electron chi connectivity index (χ0n) is 10.2. The maximum absolute atomic E-state index is 11.3. The van der Waals surface area contributed by atoms with Crippen molar-refractivity contribution in [3.63, 3.8) is 0 Å². The van der Waals surface area contributed by atoms with Crippen LogP contribution in [0, 0.1) is 11.8 Å². The van der Waals surface area contributed by atoms with Gasteiger partial charge >= 0.3 is 0 Å². The zero-order valence-corrected chi connectivity index (χ0v) is 10.2. The first-order valence-corrected chi connectivity index (χ1v) is 5.76. The molecule has 87 valence electrons. The molecule has 0 fully saturated rings. The molecule has 0 aromatic rings. The number of imide groups is 1. The normalized spacial score (nSPS) is 14.4. The number of hydrogen-bond acceptors (Lipinski definition) is 2. The van der Waals surface area contributed by atoms with Gasteiger partial charge in [0.15, 0.2) is 0 Å². The average molecular weight is 212 g/mol. The molecule has 1 radical (unpaired) electrons. The van der Waals surface area contributed by atoms with E-state index in [2.05, 4.69) is 5.32 Å². The van der Waals surface area contributed by atoms with Crippen molar-refractivity contribution in [2.75, 3.05) is 0 Å². The number of hydrogen-bond donors (Lipinski definition) is 0. The minimum absolute atomic E-state index is 0.266. The largest absolute Gasteiger partial charge is 0.272 e. The summed E-state index contributed by atoms with van der Waals surface area (Å²) >= 11 is 0. The highest BCUT2D eigenvalue weighted by Crippen LogP contribution is 2.08. The minimum atomic E-state index is -0.266. The minimum Gasteiger partial charge on any atom is -0.272 e. The lowest BCUT2D eigenvalue weighted by molar-refractivity contribution is -0.131. The molecule has 0 spiro atoms. The van der Waals surface area contributed by atoms with Gasteiger partial charge in [-0.2, -0.15) is 5.32 Å². The molecule has 0 aliphatic carbocycles. The second-order valence-corrected chi connectivity index (χ2v) is 4.33. The van der Waals surface area contributed by atoms with Crippen LogP contribution in [0.1, 0.15) is 53.4 Å². The van der Waals surface area contributed by atoms with Gasteiger partial charge < -0.3 is 0 Å². The Bertz CT molecular complexity index is 192. The van der Waals surface area contributed by atoms with Crippen LogP contribution in [0.25, 0.3) is 0 Å². The molecule has 2 amide bonds. The van der Waals surface area contributed by atoms with E-state index in [0.29, 0.717) is 24.7 Å². The van der Waals surface area contributed by atoms with Gasteiger partial charge in [0, 0.05) is 12.8 Å². The van der Waals surface area contributed by atoms with E-state index in [1.165, 1.54) is 0 Å². The summed E-state index contributed by atoms with van der Waals surface area (Å²) in [6.45, 7) is 8.04. The maximum Gasteiger partial charge on any atom is 0.249 e. The lowest BCUT2D eigenvalue weighted by Crippen LogP contribution is -2.25. The average Bonchev–Trinajstić information content (AvgIpc) is 2.16. The molecule has 0 aliphatic heterocycles. The molecule has 0 heterocycles. The highest BCUT2D eigenvalue weighted by Gasteiger charge is 2.14. The van der Waals surface area contributed by atoms with Gasteiger partial charge in [-0.1, -0.05) is 40.5 Å². The Hall–Kier alpha value is -0.860. The smallest absolute Gasteiger partial charge is 0.249 e. The first-order valence-electron chi connectivity index (χ1n) is 5.76. The molecule has 3 nitrogen and oxygen atoms in total. The van der Waals surface area contributed by atoms with E-state index in [0.717, 1.165) is 12.8 Å². The third kappa shape index (κ3) is 7.11. The lowest BCUT2D eigenvalue weighted by Gasteiger charge is -2.08. The third-order valence-corrected chi connectivity index (χ3v) is 2.69. The van der Waals surface area contributed by atoms with Gasteiger partial charge in [0.05, 0.1) is 0 Å². The molecule has 0 rings (SSSR count). The first-order chi connectivity index (χ1) is 6.99. The van der Waals surface area contributed by atoms with Crippen molar-refractivity contribution < 1.29 is 9.59 Å². The van der Waals surface area contributed by atoms with Crippen LogP contribution in [-0.4, -0.2) is 11.8 Å². The monoisotopic (exact) mass is 212 g/mol. The van der Waals surface area contributed by atoms with Crippen molar-refractivity contribution in [1.82, 2.24) is 5.32 Å². The molecule has 0 saturated carbocycles. The molecule has 0 N–H and O–H groups in total. The Morgan fingerprint density at radius 3 is 1.53 bits per heavy atom. The number of carbonyl (C=O) groups excluding carboxylic acids is 2. The van der Waals surface area contributed by atoms with Crippen molar-refractivity contribution in [1.29, 1.82) is 0 Å². The molecule has 2 unspecified atom stereocenters. The van der Waals surface area contributed by atoms with Gasteiger partial charge in [-0.25, -0.2) is 0 Å². The molecule has 0 aliphatic rings. The highest BCUT2D eigenvalue weighted by atomic mass is 16.2. The number of nitrogens with zero attached hydrogens (tertiary/aromatic N) is 1. The lowest BCUT2D eigenvalue weighted by atomic mass is 10.0. The summed E-state index contributed by atoms with van der Waals surface area (Å²) in [4.78, 5) is 22.6. The van der Waals surface area contributed by atoms with Crippen LogP contribution in [0.5, 0.6) is 0 Å². The van der Waals surface area contributed by atoms with Crippen LogP contribution in [0.4, 0.5) is 0 Å². The highest BCUT2D eigenvalue weighted by molar-refractivity contribution is 5.94. The van der Waals surface area contributed by atoms with E-state index in [1.807, 2.05) is 27.7 Å². The summed E-state index contributed by atoms with van der Waals surface area (Å²) < 4.78 is 0. The van der Waals surface area contributed by atoms with Crippen molar-refractivity contribution in [3.8, 4) is 0 Å². The SMILES string of the molecule is CCC(C)CC(=O)[N]C(=O)CC(C)CC. The van der Waals surface area contributed by atoms with Crippen LogP contribution in [-0.2, 0) is 9.59 Å². The van der Waals surface area contributed by atoms with Crippen molar-refractivity contribution in [3.05, 3.63) is 0 Å². The van der Waals surface area contributed by atoms with E-state index >= 15 is 0 Å². The molecule has 0 aromatic heterocycles. The molecule has 0 aromatic carbocycles. The molecule has 0 saturated heterocycles. The molecule has 2 atom stereocenters. The fourth-order valence-electron chi connectivity index (χ4n) is 1.12. The predicted octanol–water partition coefficient (Wildman–Crippen LogP) is 2.52.